The van der Waals surface area contributed by atoms with Gasteiger partial charge in [-0.3, -0.25) is 14.8 Å². The summed E-state index contributed by atoms with van der Waals surface area (Å²) >= 11 is 3.25. The largest absolute Gasteiger partial charge is 0.380 e. The maximum absolute atomic E-state index is 12.2. The number of non-ortho nitro benzene ring substituents is 1. The number of halogens is 1. The Labute approximate surface area is 145 Å². The van der Waals surface area contributed by atoms with Crippen molar-refractivity contribution in [2.45, 2.75) is 19.4 Å². The zero-order valence-electron chi connectivity index (χ0n) is 12.8. The first-order valence-electron chi connectivity index (χ1n) is 6.72. The van der Waals surface area contributed by atoms with E-state index in [1.54, 1.807) is 26.2 Å². The lowest BCUT2D eigenvalue weighted by atomic mass is 10.1. The van der Waals surface area contributed by atoms with Gasteiger partial charge in [-0.25, -0.2) is 4.79 Å². The average Bonchev–Trinajstić information content (AvgIpc) is 2.99. The van der Waals surface area contributed by atoms with Gasteiger partial charge >= 0.3 is 5.97 Å². The lowest BCUT2D eigenvalue weighted by Crippen LogP contribution is -2.37. The fraction of sp³-hybridized carbons (Fsp3) is 0.214. The van der Waals surface area contributed by atoms with Gasteiger partial charge in [0.05, 0.1) is 15.6 Å². The van der Waals surface area contributed by atoms with Crippen molar-refractivity contribution in [3.05, 3.63) is 56.8 Å². The monoisotopic (exact) mass is 395 g/mol. The summed E-state index contributed by atoms with van der Waals surface area (Å²) in [6, 6.07) is 5.40. The van der Waals surface area contributed by atoms with Crippen LogP contribution in [-0.2, 0) is 15.2 Å². The molecule has 0 fully saturated rings. The summed E-state index contributed by atoms with van der Waals surface area (Å²) in [5.41, 5.74) is 4.96. The summed E-state index contributed by atoms with van der Waals surface area (Å²) in [4.78, 5) is 27.2. The van der Waals surface area contributed by atoms with E-state index in [4.69, 9.17) is 10.6 Å². The van der Waals surface area contributed by atoms with Crippen molar-refractivity contribution in [1.82, 2.24) is 9.78 Å². The predicted octanol–water partition coefficient (Wildman–Crippen LogP) is 2.15. The number of benzene rings is 1. The topological polar surface area (TPSA) is 126 Å². The van der Waals surface area contributed by atoms with E-state index in [-0.39, 0.29) is 11.5 Å². The van der Waals surface area contributed by atoms with Crippen LogP contribution in [0.25, 0.3) is 0 Å². The second-order valence-corrected chi connectivity index (χ2v) is 6.24. The first-order chi connectivity index (χ1) is 11.2. The molecule has 10 heteroatoms. The van der Waals surface area contributed by atoms with E-state index in [9.17, 15) is 14.9 Å². The van der Waals surface area contributed by atoms with E-state index < -0.39 is 16.4 Å². The Balaban J connectivity index is 2.11. The van der Waals surface area contributed by atoms with Gasteiger partial charge in [0.15, 0.2) is 11.4 Å². The number of aromatic nitrogens is 2. The zero-order chi connectivity index (χ0) is 17.9. The molecule has 1 aromatic heterocycles. The number of rotatable bonds is 5. The van der Waals surface area contributed by atoms with Crippen LogP contribution in [0.3, 0.4) is 0 Å². The van der Waals surface area contributed by atoms with Gasteiger partial charge in [0.1, 0.15) is 0 Å². The molecular formula is C14H14BrN5O4. The summed E-state index contributed by atoms with van der Waals surface area (Å²) in [5.74, 6) is -0.737. The first kappa shape index (κ1) is 17.6. The highest BCUT2D eigenvalue weighted by Crippen LogP contribution is 2.19. The minimum absolute atomic E-state index is 0.0734. The normalized spacial score (nSPS) is 12.0. The minimum atomic E-state index is -1.09. The van der Waals surface area contributed by atoms with Crippen LogP contribution in [0.5, 0.6) is 0 Å². The van der Waals surface area contributed by atoms with Crippen molar-refractivity contribution < 1.29 is 14.6 Å². The lowest BCUT2D eigenvalue weighted by Gasteiger charge is -2.21. The average molecular weight is 396 g/mol. The maximum atomic E-state index is 12.2. The Morgan fingerprint density at radius 2 is 2.04 bits per heavy atom. The molecule has 0 atom stereocenters. The van der Waals surface area contributed by atoms with Crippen LogP contribution in [0.4, 0.5) is 5.69 Å². The van der Waals surface area contributed by atoms with Crippen LogP contribution in [0.15, 0.2) is 46.3 Å². The Hall–Kier alpha value is -2.75. The number of hydrogen-bond donors (Lipinski definition) is 1. The van der Waals surface area contributed by atoms with E-state index in [2.05, 4.69) is 26.2 Å². The molecule has 0 aliphatic heterocycles. The fourth-order valence-corrected chi connectivity index (χ4v) is 1.99. The predicted molar refractivity (Wildman–Crippen MR) is 89.2 cm³/mol. The molecule has 0 radical (unpaired) electrons. The Morgan fingerprint density at radius 1 is 1.42 bits per heavy atom. The molecule has 1 heterocycles. The summed E-state index contributed by atoms with van der Waals surface area (Å²) in [6.07, 6.45) is 3.17. The molecule has 24 heavy (non-hydrogen) atoms. The minimum Gasteiger partial charge on any atom is -0.380 e. The van der Waals surface area contributed by atoms with Gasteiger partial charge in [-0.05, 0) is 41.9 Å². The Morgan fingerprint density at radius 3 is 2.54 bits per heavy atom. The molecule has 0 bridgehead atoms. The Bertz CT molecular complexity index is 798. The van der Waals surface area contributed by atoms with E-state index in [0.29, 0.717) is 5.56 Å². The molecule has 0 amide bonds. The van der Waals surface area contributed by atoms with E-state index in [1.165, 1.54) is 28.9 Å². The smallest absolute Gasteiger partial charge is 0.361 e. The molecule has 2 aromatic rings. The second kappa shape index (κ2) is 6.79. The zero-order valence-corrected chi connectivity index (χ0v) is 14.4. The van der Waals surface area contributed by atoms with Crippen molar-refractivity contribution in [1.29, 1.82) is 0 Å². The van der Waals surface area contributed by atoms with Crippen molar-refractivity contribution in [3.8, 4) is 0 Å². The Kier molecular flexibility index (Phi) is 4.98. The molecule has 0 saturated heterocycles. The quantitative estimate of drug-likeness (QED) is 0.271. The number of nitro groups is 1. The number of nitro benzene ring substituents is 1. The number of hydrogen-bond acceptors (Lipinski definition) is 6. The van der Waals surface area contributed by atoms with Gasteiger partial charge in [0.25, 0.3) is 5.69 Å². The highest BCUT2D eigenvalue weighted by Gasteiger charge is 2.33. The van der Waals surface area contributed by atoms with Gasteiger partial charge in [-0.2, -0.15) is 5.10 Å². The first-order valence-corrected chi connectivity index (χ1v) is 7.51. The van der Waals surface area contributed by atoms with Crippen LogP contribution < -0.4 is 5.73 Å². The molecule has 0 aliphatic rings. The van der Waals surface area contributed by atoms with E-state index in [1.807, 2.05) is 0 Å². The molecule has 9 nitrogen and oxygen atoms in total. The van der Waals surface area contributed by atoms with Crippen LogP contribution in [-0.4, -0.2) is 26.5 Å². The molecule has 0 saturated carbocycles. The van der Waals surface area contributed by atoms with Crippen LogP contribution >= 0.6 is 15.9 Å². The molecule has 126 valence electrons. The molecule has 2 rings (SSSR count). The number of nitrogens with zero attached hydrogens (tertiary/aromatic N) is 4. The van der Waals surface area contributed by atoms with Crippen molar-refractivity contribution in [2.75, 3.05) is 0 Å². The maximum Gasteiger partial charge on any atom is 0.361 e. The molecule has 0 aliphatic carbocycles. The SMILES string of the molecule is CC(C)(C(=O)O/N=C(\N)c1ccc([N+](=O)[O-])cc1)n1cc(Br)cn1. The molecule has 0 spiro atoms. The van der Waals surface area contributed by atoms with Gasteiger partial charge in [0, 0.05) is 23.9 Å². The van der Waals surface area contributed by atoms with Crippen molar-refractivity contribution in [2.24, 2.45) is 10.9 Å². The molecule has 2 N–H and O–H groups in total. The van der Waals surface area contributed by atoms with E-state index >= 15 is 0 Å². The van der Waals surface area contributed by atoms with Crippen LogP contribution in [0.2, 0.25) is 0 Å². The lowest BCUT2D eigenvalue weighted by molar-refractivity contribution is -0.384. The number of amidine groups is 1. The van der Waals surface area contributed by atoms with Gasteiger partial charge < -0.3 is 10.6 Å². The third-order valence-electron chi connectivity index (χ3n) is 3.22. The number of carbonyl (C=O) groups excluding carboxylic acids is 1. The molecule has 0 unspecified atom stereocenters. The van der Waals surface area contributed by atoms with Crippen LogP contribution in [0, 0.1) is 10.1 Å². The highest BCUT2D eigenvalue weighted by molar-refractivity contribution is 9.10. The van der Waals surface area contributed by atoms with Crippen LogP contribution in [0.1, 0.15) is 19.4 Å². The summed E-state index contributed by atoms with van der Waals surface area (Å²) < 4.78 is 2.15. The van der Waals surface area contributed by atoms with Gasteiger partial charge in [-0.1, -0.05) is 5.16 Å². The third-order valence-corrected chi connectivity index (χ3v) is 3.63. The van der Waals surface area contributed by atoms with Crippen molar-refractivity contribution >= 4 is 33.4 Å². The summed E-state index contributed by atoms with van der Waals surface area (Å²) in [6.45, 7) is 3.23. The van der Waals surface area contributed by atoms with Gasteiger partial charge in [-0.15, -0.1) is 0 Å². The van der Waals surface area contributed by atoms with E-state index in [0.717, 1.165) is 4.47 Å². The highest BCUT2D eigenvalue weighted by atomic mass is 79.9. The standard InChI is InChI=1S/C14H14BrN5O4/c1-14(2,19-8-10(15)7-17-19)13(21)24-18-12(16)9-3-5-11(6-4-9)20(22)23/h3-8H,1-2H3,(H2,16,18). The molecule has 1 aromatic carbocycles. The number of carbonyl (C=O) groups is 1. The fourth-order valence-electron chi connectivity index (χ4n) is 1.71. The second-order valence-electron chi connectivity index (χ2n) is 5.32. The summed E-state index contributed by atoms with van der Waals surface area (Å²) in [7, 11) is 0. The number of oxime groups is 1. The summed E-state index contributed by atoms with van der Waals surface area (Å²) in [5, 5.41) is 18.2. The number of nitrogens with two attached hydrogens (primary N) is 1. The van der Waals surface area contributed by atoms with Gasteiger partial charge in [0.2, 0.25) is 0 Å². The van der Waals surface area contributed by atoms with Crippen molar-refractivity contribution in [3.63, 3.8) is 0 Å². The third kappa shape index (κ3) is 3.77. The molecular weight excluding hydrogens is 382 g/mol.